The monoisotopic (exact) mass is 368 g/mol. The van der Waals surface area contributed by atoms with Gasteiger partial charge in [-0.15, -0.1) is 0 Å². The van der Waals surface area contributed by atoms with Crippen molar-refractivity contribution in [3.63, 3.8) is 0 Å². The van der Waals surface area contributed by atoms with Gasteiger partial charge in [-0.1, -0.05) is 55.3 Å². The van der Waals surface area contributed by atoms with Gasteiger partial charge in [0, 0.05) is 4.83 Å². The molecule has 7 atom stereocenters. The van der Waals surface area contributed by atoms with Crippen molar-refractivity contribution in [2.45, 2.75) is 77.2 Å². The average Bonchev–Trinajstić information content (AvgIpc) is 2.43. The topological polar surface area (TPSA) is 20.2 Å². The standard InChI is InChI=1S/C20H33BrO/c1-12(2)15-7-6-14-10-17-19(4,11-16(14)13(15)3)18(21)8-9-20(17,5)22/h6,12-13,15-18,22H,7-11H2,1-5H3. The van der Waals surface area contributed by atoms with Gasteiger partial charge in [0.15, 0.2) is 0 Å². The molecule has 7 unspecified atom stereocenters. The van der Waals surface area contributed by atoms with Crippen LogP contribution in [0.4, 0.5) is 0 Å². The molecule has 1 N–H and O–H groups in total. The van der Waals surface area contributed by atoms with E-state index in [2.05, 4.69) is 56.6 Å². The zero-order chi connectivity index (χ0) is 16.3. The van der Waals surface area contributed by atoms with Crippen LogP contribution in [-0.2, 0) is 0 Å². The van der Waals surface area contributed by atoms with Crippen molar-refractivity contribution in [1.29, 1.82) is 0 Å². The number of rotatable bonds is 1. The SMILES string of the molecule is CC(C)C1CC=C2CC3C(C)(O)CCC(Br)C3(C)CC2C1C. The third-order valence-electron chi connectivity index (χ3n) is 7.56. The van der Waals surface area contributed by atoms with Crippen LogP contribution in [0.5, 0.6) is 0 Å². The maximum atomic E-state index is 11.0. The van der Waals surface area contributed by atoms with Crippen LogP contribution in [0, 0.1) is 35.0 Å². The summed E-state index contributed by atoms with van der Waals surface area (Å²) in [5, 5.41) is 11.0. The van der Waals surface area contributed by atoms with E-state index in [1.807, 2.05) is 0 Å². The van der Waals surface area contributed by atoms with Crippen molar-refractivity contribution in [2.24, 2.45) is 35.0 Å². The second-order valence-electron chi connectivity index (χ2n) is 9.22. The summed E-state index contributed by atoms with van der Waals surface area (Å²) >= 11 is 3.99. The van der Waals surface area contributed by atoms with Crippen LogP contribution in [0.2, 0.25) is 0 Å². The van der Waals surface area contributed by atoms with E-state index in [9.17, 15) is 5.11 Å². The minimum absolute atomic E-state index is 0.233. The first kappa shape index (κ1) is 17.0. The molecule has 0 saturated heterocycles. The molecule has 0 aromatic carbocycles. The summed E-state index contributed by atoms with van der Waals surface area (Å²) in [6.07, 6.45) is 8.20. The van der Waals surface area contributed by atoms with E-state index in [0.29, 0.717) is 10.7 Å². The van der Waals surface area contributed by atoms with Gasteiger partial charge in [-0.3, -0.25) is 0 Å². The number of aliphatic hydroxyl groups is 1. The lowest BCUT2D eigenvalue weighted by Gasteiger charge is -2.59. The van der Waals surface area contributed by atoms with E-state index in [-0.39, 0.29) is 5.41 Å². The van der Waals surface area contributed by atoms with Crippen molar-refractivity contribution >= 4 is 15.9 Å². The fourth-order valence-electron chi connectivity index (χ4n) is 6.00. The number of fused-ring (bicyclic) bond motifs is 2. The summed E-state index contributed by atoms with van der Waals surface area (Å²) in [5.41, 5.74) is 1.40. The summed E-state index contributed by atoms with van der Waals surface area (Å²) in [5.74, 6) is 3.52. The van der Waals surface area contributed by atoms with Gasteiger partial charge in [-0.25, -0.2) is 0 Å². The summed E-state index contributed by atoms with van der Waals surface area (Å²) in [6, 6.07) is 0. The van der Waals surface area contributed by atoms with Crippen LogP contribution >= 0.6 is 15.9 Å². The Bertz CT molecular complexity index is 466. The zero-order valence-electron chi connectivity index (χ0n) is 14.9. The first-order valence-electron chi connectivity index (χ1n) is 9.22. The molecule has 2 fully saturated rings. The molecule has 3 aliphatic carbocycles. The largest absolute Gasteiger partial charge is 0.390 e. The molecule has 3 aliphatic rings. The number of allylic oxidation sites excluding steroid dienone is 2. The first-order valence-corrected chi connectivity index (χ1v) is 10.1. The third kappa shape index (κ3) is 2.53. The van der Waals surface area contributed by atoms with Gasteiger partial charge in [0.05, 0.1) is 5.60 Å². The lowest BCUT2D eigenvalue weighted by atomic mass is 9.49. The van der Waals surface area contributed by atoms with Gasteiger partial charge in [0.25, 0.3) is 0 Å². The van der Waals surface area contributed by atoms with Crippen LogP contribution in [0.3, 0.4) is 0 Å². The lowest BCUT2D eigenvalue weighted by molar-refractivity contribution is -0.113. The van der Waals surface area contributed by atoms with Crippen LogP contribution in [0.1, 0.15) is 66.7 Å². The molecule has 3 rings (SSSR count). The van der Waals surface area contributed by atoms with Crippen LogP contribution in [0.25, 0.3) is 0 Å². The molecule has 0 bridgehead atoms. The second kappa shape index (κ2) is 5.62. The van der Waals surface area contributed by atoms with E-state index < -0.39 is 5.60 Å². The van der Waals surface area contributed by atoms with Gasteiger partial charge in [0.1, 0.15) is 0 Å². The average molecular weight is 369 g/mol. The molecule has 0 aromatic heterocycles. The molecule has 126 valence electrons. The Hall–Kier alpha value is 0.180. The Labute approximate surface area is 145 Å². The minimum atomic E-state index is -0.497. The summed E-state index contributed by atoms with van der Waals surface area (Å²) in [7, 11) is 0. The quantitative estimate of drug-likeness (QED) is 0.474. The summed E-state index contributed by atoms with van der Waals surface area (Å²) in [4.78, 5) is 0.554. The van der Waals surface area contributed by atoms with Crippen LogP contribution in [-0.4, -0.2) is 15.5 Å². The number of hydrogen-bond acceptors (Lipinski definition) is 1. The Morgan fingerprint density at radius 1 is 1.32 bits per heavy atom. The molecule has 0 amide bonds. The van der Waals surface area contributed by atoms with E-state index in [4.69, 9.17) is 0 Å². The molecule has 0 radical (unpaired) electrons. The highest BCUT2D eigenvalue weighted by molar-refractivity contribution is 9.09. The van der Waals surface area contributed by atoms with Crippen molar-refractivity contribution < 1.29 is 5.11 Å². The molecule has 1 nitrogen and oxygen atoms in total. The fourth-order valence-corrected chi connectivity index (χ4v) is 6.74. The number of halogens is 1. The van der Waals surface area contributed by atoms with Gasteiger partial charge < -0.3 is 5.11 Å². The molecule has 2 saturated carbocycles. The second-order valence-corrected chi connectivity index (χ2v) is 10.3. The smallest absolute Gasteiger partial charge is 0.0656 e. The third-order valence-corrected chi connectivity index (χ3v) is 9.06. The van der Waals surface area contributed by atoms with Crippen molar-refractivity contribution in [1.82, 2.24) is 0 Å². The van der Waals surface area contributed by atoms with Gasteiger partial charge in [-0.2, -0.15) is 0 Å². The van der Waals surface area contributed by atoms with E-state index in [0.717, 1.165) is 42.9 Å². The van der Waals surface area contributed by atoms with Crippen LogP contribution in [0.15, 0.2) is 11.6 Å². The van der Waals surface area contributed by atoms with Gasteiger partial charge in [0.2, 0.25) is 0 Å². The Morgan fingerprint density at radius 2 is 2.00 bits per heavy atom. The van der Waals surface area contributed by atoms with E-state index in [1.54, 1.807) is 5.57 Å². The summed E-state index contributed by atoms with van der Waals surface area (Å²) in [6.45, 7) is 11.8. The minimum Gasteiger partial charge on any atom is -0.390 e. The van der Waals surface area contributed by atoms with Crippen LogP contribution < -0.4 is 0 Å². The van der Waals surface area contributed by atoms with Gasteiger partial charge >= 0.3 is 0 Å². The van der Waals surface area contributed by atoms with Gasteiger partial charge in [-0.05, 0) is 74.0 Å². The lowest BCUT2D eigenvalue weighted by Crippen LogP contribution is -2.57. The molecular formula is C20H33BrO. The Balaban J connectivity index is 1.94. The predicted octanol–water partition coefficient (Wildman–Crippen LogP) is 5.57. The molecule has 22 heavy (non-hydrogen) atoms. The maximum Gasteiger partial charge on any atom is 0.0656 e. The molecule has 0 aromatic rings. The molecule has 0 aliphatic heterocycles. The van der Waals surface area contributed by atoms with Crippen molar-refractivity contribution in [3.05, 3.63) is 11.6 Å². The van der Waals surface area contributed by atoms with Crippen molar-refractivity contribution in [2.75, 3.05) is 0 Å². The van der Waals surface area contributed by atoms with Crippen molar-refractivity contribution in [3.8, 4) is 0 Å². The predicted molar refractivity (Wildman–Crippen MR) is 97.1 cm³/mol. The normalized spacial score (nSPS) is 52.0. The zero-order valence-corrected chi connectivity index (χ0v) is 16.5. The molecule has 2 heteroatoms. The first-order chi connectivity index (χ1) is 10.2. The Kier molecular flexibility index (Phi) is 4.35. The summed E-state index contributed by atoms with van der Waals surface area (Å²) < 4.78 is 0. The maximum absolute atomic E-state index is 11.0. The highest BCUT2D eigenvalue weighted by Gasteiger charge is 2.57. The fraction of sp³-hybridized carbons (Fsp3) is 0.900. The highest BCUT2D eigenvalue weighted by atomic mass is 79.9. The molecule has 0 spiro atoms. The highest BCUT2D eigenvalue weighted by Crippen LogP contribution is 2.61. The number of alkyl halides is 1. The van der Waals surface area contributed by atoms with E-state index >= 15 is 0 Å². The molecular weight excluding hydrogens is 336 g/mol. The van der Waals surface area contributed by atoms with E-state index in [1.165, 1.54) is 12.8 Å². The molecule has 0 heterocycles. The Morgan fingerprint density at radius 3 is 2.64 bits per heavy atom. The number of hydrogen-bond donors (Lipinski definition) is 1.